The molecule has 1 aromatic carbocycles. The fraction of sp³-hybridized carbons (Fsp3) is 0.625. The second kappa shape index (κ2) is 6.80. The van der Waals surface area contributed by atoms with Crippen LogP contribution in [0.2, 0.25) is 0 Å². The van der Waals surface area contributed by atoms with Gasteiger partial charge in [-0.3, -0.25) is 0 Å². The van der Waals surface area contributed by atoms with E-state index in [0.29, 0.717) is 19.6 Å². The van der Waals surface area contributed by atoms with Gasteiger partial charge < -0.3 is 14.6 Å². The van der Waals surface area contributed by atoms with E-state index in [-0.39, 0.29) is 11.5 Å². The zero-order chi connectivity index (χ0) is 14.5. The normalized spacial score (nSPS) is 13.2. The maximum Gasteiger partial charge on any atom is 0.161 e. The van der Waals surface area contributed by atoms with Crippen LogP contribution >= 0.6 is 0 Å². The lowest BCUT2D eigenvalue weighted by atomic mass is 9.80. The van der Waals surface area contributed by atoms with Gasteiger partial charge in [-0.25, -0.2) is 0 Å². The molecule has 0 fully saturated rings. The SMILES string of the molecule is CCOc1ccc(C(C)(C)CC(C)O)cc1OCC. The van der Waals surface area contributed by atoms with Gasteiger partial charge in [0.1, 0.15) is 0 Å². The zero-order valence-corrected chi connectivity index (χ0v) is 12.7. The number of benzene rings is 1. The molecular formula is C16H26O3. The zero-order valence-electron chi connectivity index (χ0n) is 12.7. The second-order valence-corrected chi connectivity index (χ2v) is 5.46. The molecule has 19 heavy (non-hydrogen) atoms. The third-order valence-electron chi connectivity index (χ3n) is 3.13. The minimum absolute atomic E-state index is 0.0925. The van der Waals surface area contributed by atoms with E-state index in [9.17, 15) is 5.11 Å². The summed E-state index contributed by atoms with van der Waals surface area (Å²) in [5, 5.41) is 9.60. The Bertz CT molecular complexity index is 397. The third kappa shape index (κ3) is 4.43. The van der Waals surface area contributed by atoms with E-state index in [1.54, 1.807) is 0 Å². The van der Waals surface area contributed by atoms with Gasteiger partial charge in [-0.05, 0) is 50.3 Å². The van der Waals surface area contributed by atoms with Crippen LogP contribution in [-0.2, 0) is 5.41 Å². The van der Waals surface area contributed by atoms with E-state index in [1.165, 1.54) is 0 Å². The van der Waals surface area contributed by atoms with Crippen LogP contribution in [0.4, 0.5) is 0 Å². The summed E-state index contributed by atoms with van der Waals surface area (Å²) >= 11 is 0. The Labute approximate surface area is 116 Å². The van der Waals surface area contributed by atoms with Crippen LogP contribution < -0.4 is 9.47 Å². The summed E-state index contributed by atoms with van der Waals surface area (Å²) in [6.45, 7) is 11.2. The fourth-order valence-corrected chi connectivity index (χ4v) is 2.33. The average molecular weight is 266 g/mol. The van der Waals surface area contributed by atoms with Crippen molar-refractivity contribution in [3.8, 4) is 11.5 Å². The highest BCUT2D eigenvalue weighted by atomic mass is 16.5. The molecule has 1 unspecified atom stereocenters. The van der Waals surface area contributed by atoms with Crippen LogP contribution in [0.15, 0.2) is 18.2 Å². The van der Waals surface area contributed by atoms with Gasteiger partial charge in [0.15, 0.2) is 11.5 Å². The van der Waals surface area contributed by atoms with Crippen molar-refractivity contribution in [1.29, 1.82) is 0 Å². The van der Waals surface area contributed by atoms with Gasteiger partial charge in [0.05, 0.1) is 19.3 Å². The van der Waals surface area contributed by atoms with Crippen molar-refractivity contribution < 1.29 is 14.6 Å². The monoisotopic (exact) mass is 266 g/mol. The minimum Gasteiger partial charge on any atom is -0.490 e. The molecule has 3 nitrogen and oxygen atoms in total. The van der Waals surface area contributed by atoms with Crippen molar-refractivity contribution in [2.75, 3.05) is 13.2 Å². The highest BCUT2D eigenvalue weighted by molar-refractivity contribution is 5.45. The molecule has 108 valence electrons. The average Bonchev–Trinajstić information content (AvgIpc) is 2.30. The summed E-state index contributed by atoms with van der Waals surface area (Å²) in [6, 6.07) is 6.03. The first-order chi connectivity index (χ1) is 8.90. The Balaban J connectivity index is 3.06. The molecule has 0 aliphatic heterocycles. The highest BCUT2D eigenvalue weighted by Crippen LogP contribution is 2.35. The van der Waals surface area contributed by atoms with Crippen LogP contribution in [0.25, 0.3) is 0 Å². The van der Waals surface area contributed by atoms with Crippen LogP contribution in [0.5, 0.6) is 11.5 Å². The molecule has 1 N–H and O–H groups in total. The van der Waals surface area contributed by atoms with Gasteiger partial charge >= 0.3 is 0 Å². The van der Waals surface area contributed by atoms with Crippen molar-refractivity contribution >= 4 is 0 Å². The van der Waals surface area contributed by atoms with E-state index in [1.807, 2.05) is 32.9 Å². The first-order valence-corrected chi connectivity index (χ1v) is 6.99. The molecule has 0 saturated carbocycles. The predicted molar refractivity (Wildman–Crippen MR) is 78.1 cm³/mol. The number of hydrogen-bond acceptors (Lipinski definition) is 3. The lowest BCUT2D eigenvalue weighted by molar-refractivity contribution is 0.156. The van der Waals surface area contributed by atoms with Gasteiger partial charge in [-0.1, -0.05) is 19.9 Å². The number of hydrogen-bond donors (Lipinski definition) is 1. The van der Waals surface area contributed by atoms with Gasteiger partial charge in [-0.15, -0.1) is 0 Å². The second-order valence-electron chi connectivity index (χ2n) is 5.46. The summed E-state index contributed by atoms with van der Waals surface area (Å²) in [6.07, 6.45) is 0.393. The smallest absolute Gasteiger partial charge is 0.161 e. The molecule has 0 amide bonds. The minimum atomic E-state index is -0.322. The topological polar surface area (TPSA) is 38.7 Å². The van der Waals surface area contributed by atoms with Crippen molar-refractivity contribution in [2.24, 2.45) is 0 Å². The Kier molecular flexibility index (Phi) is 5.67. The maximum atomic E-state index is 9.60. The van der Waals surface area contributed by atoms with Gasteiger partial charge in [-0.2, -0.15) is 0 Å². The number of ether oxygens (including phenoxy) is 2. The first kappa shape index (κ1) is 15.8. The molecule has 0 heterocycles. The number of rotatable bonds is 7. The Morgan fingerprint density at radius 2 is 1.68 bits per heavy atom. The summed E-state index contributed by atoms with van der Waals surface area (Å²) < 4.78 is 11.2. The lowest BCUT2D eigenvalue weighted by Crippen LogP contribution is -2.23. The van der Waals surface area contributed by atoms with E-state index in [4.69, 9.17) is 9.47 Å². The van der Waals surface area contributed by atoms with Crippen molar-refractivity contribution in [3.05, 3.63) is 23.8 Å². The Morgan fingerprint density at radius 3 is 2.21 bits per heavy atom. The largest absolute Gasteiger partial charge is 0.490 e. The van der Waals surface area contributed by atoms with Gasteiger partial charge in [0.2, 0.25) is 0 Å². The summed E-state index contributed by atoms with van der Waals surface area (Å²) in [5.74, 6) is 1.56. The molecule has 0 aromatic heterocycles. The molecular weight excluding hydrogens is 240 g/mol. The van der Waals surface area contributed by atoms with E-state index >= 15 is 0 Å². The fourth-order valence-electron chi connectivity index (χ4n) is 2.33. The molecule has 0 radical (unpaired) electrons. The van der Waals surface area contributed by atoms with Crippen molar-refractivity contribution in [1.82, 2.24) is 0 Å². The summed E-state index contributed by atoms with van der Waals surface area (Å²) in [4.78, 5) is 0. The number of aliphatic hydroxyl groups is 1. The first-order valence-electron chi connectivity index (χ1n) is 6.99. The molecule has 3 heteroatoms. The van der Waals surface area contributed by atoms with E-state index in [2.05, 4.69) is 19.9 Å². The third-order valence-corrected chi connectivity index (χ3v) is 3.13. The molecule has 0 bridgehead atoms. The summed E-state index contributed by atoms with van der Waals surface area (Å²) in [7, 11) is 0. The van der Waals surface area contributed by atoms with E-state index in [0.717, 1.165) is 17.1 Å². The molecule has 0 spiro atoms. The van der Waals surface area contributed by atoms with E-state index < -0.39 is 0 Å². The molecule has 1 rings (SSSR count). The van der Waals surface area contributed by atoms with Crippen molar-refractivity contribution in [3.63, 3.8) is 0 Å². The van der Waals surface area contributed by atoms with Crippen molar-refractivity contribution in [2.45, 2.75) is 52.6 Å². The lowest BCUT2D eigenvalue weighted by Gasteiger charge is -2.27. The molecule has 0 aliphatic carbocycles. The Morgan fingerprint density at radius 1 is 1.11 bits per heavy atom. The van der Waals surface area contributed by atoms with Crippen LogP contribution in [-0.4, -0.2) is 24.4 Å². The summed E-state index contributed by atoms with van der Waals surface area (Å²) in [5.41, 5.74) is 1.06. The maximum absolute atomic E-state index is 9.60. The molecule has 1 atom stereocenters. The van der Waals surface area contributed by atoms with Crippen LogP contribution in [0, 0.1) is 0 Å². The van der Waals surface area contributed by atoms with Crippen LogP contribution in [0.1, 0.15) is 46.6 Å². The van der Waals surface area contributed by atoms with Crippen LogP contribution in [0.3, 0.4) is 0 Å². The predicted octanol–water partition coefficient (Wildman–Crippen LogP) is 3.53. The molecule has 1 aromatic rings. The standard InChI is InChI=1S/C16H26O3/c1-6-18-14-9-8-13(10-15(14)19-7-2)16(4,5)11-12(3)17/h8-10,12,17H,6-7,11H2,1-5H3. The highest BCUT2D eigenvalue weighted by Gasteiger charge is 2.24. The number of aliphatic hydroxyl groups excluding tert-OH is 1. The molecule has 0 saturated heterocycles. The van der Waals surface area contributed by atoms with Gasteiger partial charge in [0.25, 0.3) is 0 Å². The van der Waals surface area contributed by atoms with Gasteiger partial charge in [0, 0.05) is 0 Å². The quantitative estimate of drug-likeness (QED) is 0.820. The molecule has 0 aliphatic rings. The Hall–Kier alpha value is -1.22.